The highest BCUT2D eigenvalue weighted by Gasteiger charge is 2.29. The number of carbonyl (C=O) groups excluding carboxylic acids is 2. The molecule has 2 aromatic rings. The standard InChI is InChI=1S/C17H15NO5S/c1-22-13-5-4-10(7-11(13)19)8-15-17(21)18-16(24-15)9-12(20)14-3-2-6-23-14/h2-8,16,19H,9H2,1H3,(H,18,21)/b15-8-. The topological polar surface area (TPSA) is 88.8 Å². The zero-order valence-corrected chi connectivity index (χ0v) is 13.6. The van der Waals surface area contributed by atoms with Crippen LogP contribution in [0.3, 0.4) is 0 Å². The molecule has 1 aliphatic heterocycles. The molecule has 0 aliphatic carbocycles. The van der Waals surface area contributed by atoms with Gasteiger partial charge in [0.1, 0.15) is 0 Å². The minimum atomic E-state index is -0.340. The number of phenols is 1. The fourth-order valence-corrected chi connectivity index (χ4v) is 3.38. The largest absolute Gasteiger partial charge is 0.504 e. The van der Waals surface area contributed by atoms with Crippen molar-refractivity contribution >= 4 is 29.5 Å². The van der Waals surface area contributed by atoms with Gasteiger partial charge in [0.05, 0.1) is 23.7 Å². The summed E-state index contributed by atoms with van der Waals surface area (Å²) in [5, 5.41) is 12.2. The molecule has 3 rings (SSSR count). The molecule has 1 unspecified atom stereocenters. The van der Waals surface area contributed by atoms with Crippen LogP contribution in [0.25, 0.3) is 6.08 Å². The van der Waals surface area contributed by atoms with Gasteiger partial charge in [0.25, 0.3) is 5.91 Å². The first-order valence-corrected chi connectivity index (χ1v) is 8.07. The third-order valence-electron chi connectivity index (χ3n) is 3.45. The molecule has 1 fully saturated rings. The van der Waals surface area contributed by atoms with Gasteiger partial charge in [0.15, 0.2) is 17.3 Å². The predicted octanol–water partition coefficient (Wildman–Crippen LogP) is 2.80. The minimum absolute atomic E-state index is 0.000183. The Labute approximate surface area is 142 Å². The Balaban J connectivity index is 1.70. The van der Waals surface area contributed by atoms with Crippen LogP contribution < -0.4 is 10.1 Å². The van der Waals surface area contributed by atoms with Crippen molar-refractivity contribution in [1.29, 1.82) is 0 Å². The van der Waals surface area contributed by atoms with Crippen molar-refractivity contribution in [3.63, 3.8) is 0 Å². The molecule has 0 bridgehead atoms. The molecule has 124 valence electrons. The van der Waals surface area contributed by atoms with Gasteiger partial charge in [-0.2, -0.15) is 0 Å². The number of phenolic OH excluding ortho intramolecular Hbond substituents is 1. The van der Waals surface area contributed by atoms with Gasteiger partial charge in [-0.25, -0.2) is 0 Å². The second-order valence-corrected chi connectivity index (χ2v) is 6.37. The summed E-state index contributed by atoms with van der Waals surface area (Å²) in [6.45, 7) is 0. The van der Waals surface area contributed by atoms with E-state index in [4.69, 9.17) is 9.15 Å². The van der Waals surface area contributed by atoms with Crippen LogP contribution in [0.5, 0.6) is 11.5 Å². The molecule has 2 N–H and O–H groups in total. The van der Waals surface area contributed by atoms with Crippen LogP contribution in [-0.2, 0) is 4.79 Å². The van der Waals surface area contributed by atoms with Crippen LogP contribution in [0, 0.1) is 0 Å². The lowest BCUT2D eigenvalue weighted by Gasteiger charge is -2.05. The number of furan rings is 1. The molecule has 1 aromatic carbocycles. The average molecular weight is 345 g/mol. The number of hydrogen-bond donors (Lipinski definition) is 2. The highest BCUT2D eigenvalue weighted by molar-refractivity contribution is 8.05. The van der Waals surface area contributed by atoms with Crippen molar-refractivity contribution in [2.45, 2.75) is 11.8 Å². The SMILES string of the molecule is COc1ccc(/C=C2\SC(CC(=O)c3ccco3)NC2=O)cc1O. The molecule has 0 radical (unpaired) electrons. The zero-order valence-electron chi connectivity index (χ0n) is 12.8. The van der Waals surface area contributed by atoms with E-state index in [1.54, 1.807) is 30.3 Å². The maximum Gasteiger partial charge on any atom is 0.258 e. The number of rotatable bonds is 5. The Morgan fingerprint density at radius 1 is 1.46 bits per heavy atom. The predicted molar refractivity (Wildman–Crippen MR) is 89.8 cm³/mol. The quantitative estimate of drug-likeness (QED) is 0.640. The summed E-state index contributed by atoms with van der Waals surface area (Å²) in [6, 6.07) is 8.12. The van der Waals surface area contributed by atoms with E-state index in [1.165, 1.54) is 31.2 Å². The lowest BCUT2D eigenvalue weighted by molar-refractivity contribution is -0.116. The van der Waals surface area contributed by atoms with Gasteiger partial charge >= 0.3 is 0 Å². The number of carbonyl (C=O) groups is 2. The van der Waals surface area contributed by atoms with Gasteiger partial charge in [0, 0.05) is 6.42 Å². The van der Waals surface area contributed by atoms with Crippen molar-refractivity contribution in [3.05, 3.63) is 52.8 Å². The molecule has 1 saturated heterocycles. The van der Waals surface area contributed by atoms with Crippen LogP contribution in [0.15, 0.2) is 45.9 Å². The molecule has 24 heavy (non-hydrogen) atoms. The van der Waals surface area contributed by atoms with E-state index < -0.39 is 0 Å². The Morgan fingerprint density at radius 3 is 2.96 bits per heavy atom. The third-order valence-corrected chi connectivity index (χ3v) is 4.58. The van der Waals surface area contributed by atoms with Gasteiger partial charge in [-0.1, -0.05) is 17.8 Å². The summed E-state index contributed by atoms with van der Waals surface area (Å²) < 4.78 is 10.0. The van der Waals surface area contributed by atoms with Crippen molar-refractivity contribution in [2.24, 2.45) is 0 Å². The third kappa shape index (κ3) is 3.46. The maximum atomic E-state index is 12.0. The van der Waals surface area contributed by atoms with Crippen molar-refractivity contribution in [1.82, 2.24) is 5.32 Å². The number of ether oxygens (including phenoxy) is 1. The van der Waals surface area contributed by atoms with Crippen LogP contribution in [0.1, 0.15) is 22.5 Å². The normalized spacial score (nSPS) is 18.6. The van der Waals surface area contributed by atoms with E-state index >= 15 is 0 Å². The highest BCUT2D eigenvalue weighted by atomic mass is 32.2. The summed E-state index contributed by atoms with van der Waals surface area (Å²) in [7, 11) is 1.47. The second-order valence-electron chi connectivity index (χ2n) is 5.12. The summed E-state index contributed by atoms with van der Waals surface area (Å²) in [6.07, 6.45) is 3.25. The van der Waals surface area contributed by atoms with Crippen LogP contribution >= 0.6 is 11.8 Å². The number of hydrogen-bond acceptors (Lipinski definition) is 6. The molecule has 2 heterocycles. The first-order chi connectivity index (χ1) is 11.6. The van der Waals surface area contributed by atoms with Crippen molar-refractivity contribution < 1.29 is 23.8 Å². The number of aromatic hydroxyl groups is 1. The number of Topliss-reactive ketones (excluding diaryl/α,β-unsaturated/α-hetero) is 1. The van der Waals surface area contributed by atoms with Gasteiger partial charge in [0.2, 0.25) is 5.78 Å². The summed E-state index contributed by atoms with van der Waals surface area (Å²) in [5.74, 6) is 0.235. The number of nitrogens with one attached hydrogen (secondary N) is 1. The fourth-order valence-electron chi connectivity index (χ4n) is 2.30. The first-order valence-electron chi connectivity index (χ1n) is 7.20. The van der Waals surface area contributed by atoms with Crippen LogP contribution in [0.2, 0.25) is 0 Å². The van der Waals surface area contributed by atoms with Gasteiger partial charge in [-0.05, 0) is 35.9 Å². The Bertz CT molecular complexity index is 797. The maximum absolute atomic E-state index is 12.0. The van der Waals surface area contributed by atoms with E-state index in [2.05, 4.69) is 5.32 Å². The Morgan fingerprint density at radius 2 is 2.29 bits per heavy atom. The van der Waals surface area contributed by atoms with E-state index in [-0.39, 0.29) is 35.0 Å². The molecular weight excluding hydrogens is 330 g/mol. The van der Waals surface area contributed by atoms with Crippen LogP contribution in [-0.4, -0.2) is 29.3 Å². The molecule has 0 saturated carbocycles. The second kappa shape index (κ2) is 6.84. The Kier molecular flexibility index (Phi) is 4.61. The average Bonchev–Trinajstić information content (AvgIpc) is 3.18. The van der Waals surface area contributed by atoms with Gasteiger partial charge in [-0.15, -0.1) is 0 Å². The Hall–Kier alpha value is -2.67. The van der Waals surface area contributed by atoms with Gasteiger partial charge in [-0.3, -0.25) is 9.59 Å². The van der Waals surface area contributed by atoms with Crippen molar-refractivity contribution in [3.8, 4) is 11.5 Å². The van der Waals surface area contributed by atoms with E-state index in [0.717, 1.165) is 0 Å². The summed E-state index contributed by atoms with van der Waals surface area (Å²) in [5.41, 5.74) is 0.670. The monoisotopic (exact) mass is 345 g/mol. The van der Waals surface area contributed by atoms with Crippen LogP contribution in [0.4, 0.5) is 0 Å². The van der Waals surface area contributed by atoms with Crippen molar-refractivity contribution in [2.75, 3.05) is 7.11 Å². The molecule has 1 atom stereocenters. The zero-order chi connectivity index (χ0) is 17.1. The molecule has 1 amide bonds. The smallest absolute Gasteiger partial charge is 0.258 e. The van der Waals surface area contributed by atoms with Gasteiger partial charge < -0.3 is 19.6 Å². The summed E-state index contributed by atoms with van der Waals surface area (Å²) in [4.78, 5) is 24.5. The number of amides is 1. The number of thioether (sulfide) groups is 1. The first kappa shape index (κ1) is 16.2. The summed E-state index contributed by atoms with van der Waals surface area (Å²) >= 11 is 1.28. The molecule has 7 heteroatoms. The molecule has 6 nitrogen and oxygen atoms in total. The molecular formula is C17H15NO5S. The van der Waals surface area contributed by atoms with E-state index in [1.807, 2.05) is 0 Å². The van der Waals surface area contributed by atoms with E-state index in [9.17, 15) is 14.7 Å². The van der Waals surface area contributed by atoms with E-state index in [0.29, 0.717) is 16.2 Å². The molecule has 1 aliphatic rings. The lowest BCUT2D eigenvalue weighted by Crippen LogP contribution is -2.26. The molecule has 1 aromatic heterocycles. The minimum Gasteiger partial charge on any atom is -0.504 e. The fraction of sp³-hybridized carbons (Fsp3) is 0.176. The highest BCUT2D eigenvalue weighted by Crippen LogP contribution is 2.33. The molecule has 0 spiro atoms. The number of methoxy groups -OCH3 is 1. The lowest BCUT2D eigenvalue weighted by atomic mass is 10.2. The number of benzene rings is 1. The number of ketones is 1.